The smallest absolute Gasteiger partial charge is 0.412 e. The van der Waals surface area contributed by atoms with Crippen molar-refractivity contribution >= 4 is 140 Å². The molecule has 4 saturated carbocycles. The van der Waals surface area contributed by atoms with E-state index in [2.05, 4.69) is 38.3 Å². The number of fused-ring (bicyclic) bond motifs is 7. The summed E-state index contributed by atoms with van der Waals surface area (Å²) in [6.07, 6.45) is -15.8. The molecule has 10 rings (SSSR count). The molecule has 1 spiro atoms. The predicted molar refractivity (Wildman–Crippen MR) is 335 cm³/mol. The molecule has 2 amide bonds. The van der Waals surface area contributed by atoms with Crippen molar-refractivity contribution in [1.29, 1.82) is 0 Å². The van der Waals surface area contributed by atoms with Crippen molar-refractivity contribution in [1.82, 2.24) is 0 Å². The highest BCUT2D eigenvalue weighted by atomic mass is 35.5. The number of nitrogens with one attached hydrogen (secondary N) is 2. The minimum Gasteiger partial charge on any atom is -0.462 e. The Labute approximate surface area is 572 Å². The zero-order valence-electron chi connectivity index (χ0n) is 51.3. The number of alkyl halides is 5. The van der Waals surface area contributed by atoms with Gasteiger partial charge < -0.3 is 61.6 Å². The fraction of sp³-hybridized carbons (Fsp3) is 0.683. The van der Waals surface area contributed by atoms with Crippen LogP contribution >= 0.6 is 81.2 Å². The van der Waals surface area contributed by atoms with Crippen molar-refractivity contribution in [3.63, 3.8) is 0 Å². The number of amides is 2. The van der Waals surface area contributed by atoms with E-state index in [1.165, 1.54) is 24.3 Å². The van der Waals surface area contributed by atoms with Crippen LogP contribution in [-0.4, -0.2) is 176 Å². The minimum atomic E-state index is -2.14. The van der Waals surface area contributed by atoms with Crippen LogP contribution in [-0.2, 0) is 90.3 Å². The van der Waals surface area contributed by atoms with Gasteiger partial charge >= 0.3 is 42.0 Å². The lowest BCUT2D eigenvalue weighted by atomic mass is 9.44. The summed E-state index contributed by atoms with van der Waals surface area (Å²) in [5.41, 5.74) is -0.498. The lowest BCUT2D eigenvalue weighted by molar-refractivity contribution is -0.364. The molecule has 23 nitrogen and oxygen atoms in total. The highest BCUT2D eigenvalue weighted by molar-refractivity contribution is 6.34. The second-order valence-electron chi connectivity index (χ2n) is 25.7. The number of ketones is 1. The SMILES string of the molecule is C[C@@H]1CC[C@@]2(OC1)OC1C[C@H]3[C@@H]4CC[C@H]5C[C@@H](O[C@@H]6O[C@H](COC(=O)CCl)[C@@H](O[C@@H]7O[C@H](COC(=O)Nc8ccccc8Cl)[C@@H](OC(=O)Nc8ccccc8Cl)[C@H](OC(=O)CCl)[C@H]7OC(=O)CCl)[C@H](OC(=O)CCl)[C@H]6OC(=O)CCl)CC[C@]5(C)[C@H]4C(=O)C[C@]3(C)C1[C@@H]2C. The van der Waals surface area contributed by atoms with Crippen LogP contribution in [0.4, 0.5) is 21.0 Å². The number of hydrogen-bond donors (Lipinski definition) is 2. The maximum atomic E-state index is 15.0. The van der Waals surface area contributed by atoms with Crippen LogP contribution in [0.25, 0.3) is 0 Å². The van der Waals surface area contributed by atoms with Gasteiger partial charge in [-0.1, -0.05) is 75.2 Å². The van der Waals surface area contributed by atoms with E-state index < -0.39 is 163 Å². The molecular weight excluding hydrogens is 1370 g/mol. The molecule has 0 aromatic heterocycles. The molecular formula is C63H75Cl7N2O21. The summed E-state index contributed by atoms with van der Waals surface area (Å²) < 4.78 is 80.9. The van der Waals surface area contributed by atoms with E-state index in [1.807, 2.05) is 0 Å². The zero-order chi connectivity index (χ0) is 66.7. The van der Waals surface area contributed by atoms with Crippen LogP contribution in [0.2, 0.25) is 10.0 Å². The predicted octanol–water partition coefficient (Wildman–Crippen LogP) is 10.4. The maximum Gasteiger partial charge on any atom is 0.412 e. The number of esters is 5. The number of carbonyl (C=O) groups excluding carboxylic acids is 8. The van der Waals surface area contributed by atoms with Gasteiger partial charge in [0, 0.05) is 24.7 Å². The van der Waals surface area contributed by atoms with E-state index >= 15 is 4.79 Å². The number of hydrogen-bond acceptors (Lipinski definition) is 21. The summed E-state index contributed by atoms with van der Waals surface area (Å²) >= 11 is 42.9. The molecule has 8 aliphatic rings. The van der Waals surface area contributed by atoms with Gasteiger partial charge in [0.1, 0.15) is 66.7 Å². The molecule has 2 N–H and O–H groups in total. The molecule has 2 unspecified atom stereocenters. The quantitative estimate of drug-likeness (QED) is 0.0539. The fourth-order valence-electron chi connectivity index (χ4n) is 16.2. The van der Waals surface area contributed by atoms with E-state index in [0.717, 1.165) is 32.1 Å². The number of Topliss-reactive ketones (excluding diaryl/α,β-unsaturated/α-hetero) is 1. The normalized spacial score (nSPS) is 37.5. The number of rotatable bonds is 20. The third-order valence-corrected chi connectivity index (χ3v) is 22.0. The molecule has 4 aliphatic carbocycles. The first-order chi connectivity index (χ1) is 44.5. The molecule has 0 radical (unpaired) electrons. The van der Waals surface area contributed by atoms with Crippen molar-refractivity contribution in [2.75, 3.05) is 59.9 Å². The molecule has 8 fully saturated rings. The number of carbonyl (C=O) groups is 8. The Balaban J connectivity index is 0.951. The number of ether oxygens (including phenoxy) is 13. The Kier molecular flexibility index (Phi) is 23.6. The summed E-state index contributed by atoms with van der Waals surface area (Å²) in [6.45, 7) is 7.96. The summed E-state index contributed by atoms with van der Waals surface area (Å²) in [7, 11) is 0. The summed E-state index contributed by atoms with van der Waals surface area (Å²) in [5.74, 6) is -8.79. The third kappa shape index (κ3) is 15.4. The van der Waals surface area contributed by atoms with Crippen molar-refractivity contribution in [3.05, 3.63) is 58.6 Å². The van der Waals surface area contributed by atoms with Gasteiger partial charge in [-0.15, -0.1) is 58.0 Å². The molecule has 30 heteroatoms. The van der Waals surface area contributed by atoms with Crippen molar-refractivity contribution in [3.8, 4) is 0 Å². The standard InChI is InChI=1S/C63H75Cl7N2O21/c1-30-15-18-63(83-27-30)31(2)49-41(93-63)20-35-34-14-13-32-19-33(16-17-61(32,3)50(34)40(73)21-62(35,49)4)84-57-55(89-47(77)25-67)53(87-45(75)23-65)51(42(85-57)28-81-44(74)22-64)91-58-56(90-48(78)26-68)54(88-46(76)24-66)52(92-60(80)72-39-12-8-6-10-37(39)70)43(86-58)29-82-59(79)71-38-11-7-5-9-36(38)69/h5-12,30-35,41-43,49-58H,13-29H2,1-4H3,(H,71,79)(H,72,80)/t30-,31+,32+,33+,34+,35+,41?,42-,43-,49?,50-,51-,52-,53+,54+,55-,56-,57-,58+,61+,62+,63-/m1/s1. The third-order valence-electron chi connectivity index (χ3n) is 20.2. The molecule has 4 saturated heterocycles. The highest BCUT2D eigenvalue weighted by Crippen LogP contribution is 2.71. The number of para-hydroxylation sites is 2. The van der Waals surface area contributed by atoms with Gasteiger partial charge in [0.15, 0.2) is 48.9 Å². The Bertz CT molecular complexity index is 3070. The fourth-order valence-corrected chi connectivity index (χ4v) is 16.9. The largest absolute Gasteiger partial charge is 0.462 e. The molecule has 2 aromatic carbocycles. The van der Waals surface area contributed by atoms with Crippen LogP contribution in [0.5, 0.6) is 0 Å². The lowest BCUT2D eigenvalue weighted by Crippen LogP contribution is -2.68. The van der Waals surface area contributed by atoms with Crippen LogP contribution in [0.15, 0.2) is 48.5 Å². The minimum absolute atomic E-state index is 0.00575. The summed E-state index contributed by atoms with van der Waals surface area (Å²) in [6, 6.07) is 12.2. The molecule has 93 heavy (non-hydrogen) atoms. The average molecular weight is 1440 g/mol. The number of benzene rings is 2. The van der Waals surface area contributed by atoms with Gasteiger partial charge in [0.25, 0.3) is 0 Å². The summed E-state index contributed by atoms with van der Waals surface area (Å²) in [4.78, 5) is 110. The Morgan fingerprint density at radius 2 is 1.12 bits per heavy atom. The molecule has 0 bridgehead atoms. The van der Waals surface area contributed by atoms with Gasteiger partial charge in [-0.25, -0.2) is 9.59 Å². The molecule has 4 aliphatic heterocycles. The molecule has 512 valence electrons. The molecule has 22 atom stereocenters. The van der Waals surface area contributed by atoms with Crippen molar-refractivity contribution in [2.45, 2.75) is 165 Å². The first-order valence-electron chi connectivity index (χ1n) is 31.1. The first kappa shape index (κ1) is 71.6. The van der Waals surface area contributed by atoms with Crippen molar-refractivity contribution < 1.29 is 99.9 Å². The van der Waals surface area contributed by atoms with E-state index in [9.17, 15) is 33.6 Å². The van der Waals surface area contributed by atoms with Crippen LogP contribution in [0.3, 0.4) is 0 Å². The summed E-state index contributed by atoms with van der Waals surface area (Å²) in [5, 5.41) is 5.15. The topological polar surface area (TPSA) is 281 Å². The molecule has 2 aromatic rings. The lowest BCUT2D eigenvalue weighted by Gasteiger charge is -2.60. The van der Waals surface area contributed by atoms with Crippen molar-refractivity contribution in [2.24, 2.45) is 52.3 Å². The Morgan fingerprint density at radius 1 is 0.581 bits per heavy atom. The van der Waals surface area contributed by atoms with Gasteiger partial charge in [0.2, 0.25) is 0 Å². The number of halogens is 7. The Hall–Kier alpha value is -4.21. The van der Waals surface area contributed by atoms with E-state index in [1.54, 1.807) is 24.3 Å². The van der Waals surface area contributed by atoms with E-state index in [4.69, 9.17) is 143 Å². The van der Waals surface area contributed by atoms with Gasteiger partial charge in [0.05, 0.1) is 40.2 Å². The zero-order valence-corrected chi connectivity index (χ0v) is 56.6. The van der Waals surface area contributed by atoms with Gasteiger partial charge in [-0.05, 0) is 110 Å². The average Bonchev–Trinajstić information content (AvgIpc) is 1.58. The Morgan fingerprint density at radius 3 is 1.69 bits per heavy atom. The molecule has 4 heterocycles. The first-order valence-corrected chi connectivity index (χ1v) is 34.5. The van der Waals surface area contributed by atoms with E-state index in [0.29, 0.717) is 38.2 Å². The monoisotopic (exact) mass is 1440 g/mol. The van der Waals surface area contributed by atoms with Crippen LogP contribution in [0.1, 0.15) is 85.5 Å². The number of anilines is 2. The second-order valence-corrected chi connectivity index (χ2v) is 27.9. The van der Waals surface area contributed by atoms with Gasteiger partial charge in [-0.2, -0.15) is 0 Å². The van der Waals surface area contributed by atoms with Crippen LogP contribution < -0.4 is 10.6 Å². The van der Waals surface area contributed by atoms with Crippen LogP contribution in [0, 0.1) is 52.3 Å². The van der Waals surface area contributed by atoms with E-state index in [-0.39, 0.29) is 74.2 Å². The van der Waals surface area contributed by atoms with Gasteiger partial charge in [-0.3, -0.25) is 39.4 Å². The highest BCUT2D eigenvalue weighted by Gasteiger charge is 2.71. The second kappa shape index (κ2) is 30.7. The maximum absolute atomic E-state index is 15.0.